The second-order valence-corrected chi connectivity index (χ2v) is 29.6. The van der Waals surface area contributed by atoms with Crippen molar-refractivity contribution in [2.24, 2.45) is 59.2 Å². The van der Waals surface area contributed by atoms with Gasteiger partial charge in [0, 0.05) is 92.9 Å². The average molecular weight is 1340 g/mol. The summed E-state index contributed by atoms with van der Waals surface area (Å²) in [6.45, 7) is 28.7. The summed E-state index contributed by atoms with van der Waals surface area (Å²) in [5.41, 5.74) is 0. The van der Waals surface area contributed by atoms with E-state index < -0.39 is 180 Å². The predicted molar refractivity (Wildman–Crippen MR) is 354 cm³/mol. The maximum absolute atomic E-state index is 15.4. The number of Topliss-reactive ketones (excluding diaryl/α,β-unsaturated/α-hetero) is 3. The number of rotatable bonds is 16. The number of ketones is 3. The van der Waals surface area contributed by atoms with Gasteiger partial charge in [0.1, 0.15) is 42.3 Å². The Kier molecular flexibility index (Phi) is 33.5. The van der Waals surface area contributed by atoms with Crippen LogP contribution in [0.25, 0.3) is 0 Å². The molecule has 2 rings (SSSR count). The van der Waals surface area contributed by atoms with E-state index in [9.17, 15) is 51.8 Å². The van der Waals surface area contributed by atoms with Gasteiger partial charge in [0.05, 0.1) is 31.4 Å². The lowest BCUT2D eigenvalue weighted by atomic mass is 9.84. The van der Waals surface area contributed by atoms with Crippen LogP contribution in [0.2, 0.25) is 0 Å². The molecule has 14 atom stereocenters. The normalized spacial score (nSPS) is 28.6. The summed E-state index contributed by atoms with van der Waals surface area (Å²) in [5, 5.41) is 15.2. The Hall–Kier alpha value is -5.56. The van der Waals surface area contributed by atoms with Crippen LogP contribution in [0.4, 0.5) is 13.2 Å². The predicted octanol–water partition coefficient (Wildman–Crippen LogP) is 6.62. The van der Waals surface area contributed by atoms with Crippen LogP contribution < -0.4 is 5.32 Å². The first kappa shape index (κ1) is 84.5. The monoisotopic (exact) mass is 1340 g/mol. The molecule has 0 aromatic heterocycles. The topological polar surface area (TPSA) is 255 Å². The molecule has 2 unspecified atom stereocenters. The highest BCUT2D eigenvalue weighted by Crippen LogP contribution is 2.32. The van der Waals surface area contributed by atoms with Gasteiger partial charge in [-0.15, -0.1) is 0 Å². The molecule has 22 nitrogen and oxygen atoms in total. The van der Waals surface area contributed by atoms with Crippen LogP contribution in [0.15, 0.2) is 0 Å². The van der Waals surface area contributed by atoms with Gasteiger partial charge in [-0.3, -0.25) is 57.6 Å². The van der Waals surface area contributed by atoms with E-state index in [0.29, 0.717) is 0 Å². The van der Waals surface area contributed by atoms with Gasteiger partial charge < -0.3 is 49.5 Å². The number of aliphatic hydroxyl groups excluding tert-OH is 1. The molecule has 2 heterocycles. The summed E-state index contributed by atoms with van der Waals surface area (Å²) in [5.74, 6) is -12.6. The molecule has 0 aliphatic carbocycles. The number of ether oxygens (including phenoxy) is 1. The summed E-state index contributed by atoms with van der Waals surface area (Å²) >= 11 is 0. The van der Waals surface area contributed by atoms with E-state index in [0.717, 1.165) is 4.90 Å². The summed E-state index contributed by atoms with van der Waals surface area (Å²) in [4.78, 5) is 173. The van der Waals surface area contributed by atoms with Crippen molar-refractivity contribution < 1.29 is 75.8 Å². The van der Waals surface area contributed by atoms with Gasteiger partial charge >= 0.3 is 6.18 Å². The molecule has 2 N–H and O–H groups in total. The quantitative estimate of drug-likeness (QED) is 0.165. The van der Waals surface area contributed by atoms with E-state index in [1.165, 1.54) is 104 Å². The molecule has 8 amide bonds. The fourth-order valence-electron chi connectivity index (χ4n) is 13.0. The van der Waals surface area contributed by atoms with Gasteiger partial charge in [-0.05, 0) is 100 Å². The maximum Gasteiger partial charge on any atom is 0.406 e. The van der Waals surface area contributed by atoms with Crippen molar-refractivity contribution in [1.82, 2.24) is 44.5 Å². The Morgan fingerprint density at radius 1 is 0.511 bits per heavy atom. The van der Waals surface area contributed by atoms with E-state index in [4.69, 9.17) is 4.74 Å². The molecule has 2 fully saturated rings. The minimum Gasteiger partial charge on any atom is -0.390 e. The van der Waals surface area contributed by atoms with Crippen molar-refractivity contribution >= 4 is 64.6 Å². The zero-order chi connectivity index (χ0) is 72.6. The van der Waals surface area contributed by atoms with Crippen molar-refractivity contribution in [2.75, 3.05) is 75.6 Å². The Morgan fingerprint density at radius 2 is 0.947 bits per heavy atom. The fourth-order valence-corrected chi connectivity index (χ4v) is 13.0. The summed E-state index contributed by atoms with van der Waals surface area (Å²) in [6.07, 6.45) is -7.02. The van der Waals surface area contributed by atoms with Crippen LogP contribution >= 0.6 is 0 Å². The average Bonchev–Trinajstić information content (AvgIpc) is 0.822. The first-order chi connectivity index (χ1) is 43.3. The Bertz CT molecular complexity index is 2580. The summed E-state index contributed by atoms with van der Waals surface area (Å²) in [6, 6.07) is -12.0. The molecule has 2 aliphatic rings. The number of nitrogens with zero attached hydrogens (tertiary/aromatic N) is 8. The third-order valence-corrected chi connectivity index (χ3v) is 19.3. The number of hydrogen-bond acceptors (Lipinski definition) is 14. The molecule has 0 saturated carbocycles. The van der Waals surface area contributed by atoms with Crippen molar-refractivity contribution in [3.8, 4) is 0 Å². The molecule has 2 aliphatic heterocycles. The minimum absolute atomic E-state index is 0.0269. The van der Waals surface area contributed by atoms with Crippen molar-refractivity contribution in [3.05, 3.63) is 0 Å². The fraction of sp³-hybridized carbons (Fsp3) is 0.841. The molecule has 540 valence electrons. The number of nitrogens with one attached hydrogen (secondary N) is 1. The van der Waals surface area contributed by atoms with Crippen molar-refractivity contribution in [3.63, 3.8) is 0 Å². The third kappa shape index (κ3) is 22.8. The van der Waals surface area contributed by atoms with Gasteiger partial charge in [0.15, 0.2) is 17.3 Å². The molecule has 0 aromatic rings. The second kappa shape index (κ2) is 37.2. The molecule has 2 saturated heterocycles. The number of carbonyl (C=O) groups excluding carboxylic acids is 11. The van der Waals surface area contributed by atoms with Crippen LogP contribution in [0.5, 0.6) is 0 Å². The first-order valence-electron chi connectivity index (χ1n) is 34.1. The number of morpholine rings is 1. The van der Waals surface area contributed by atoms with E-state index in [1.807, 2.05) is 55.4 Å². The molecule has 25 heteroatoms. The van der Waals surface area contributed by atoms with Gasteiger partial charge in [-0.1, -0.05) is 104 Å². The number of hydrogen-bond donors (Lipinski definition) is 2. The van der Waals surface area contributed by atoms with Gasteiger partial charge in [-0.2, -0.15) is 13.2 Å². The standard InChI is InChI=1S/C69H120F3N9O13/c1-25-48-35-56(84)59(60(85)44(14)26-27-81-28-29-94-37-57(81)69(70,71)72)80(24)68(93)58(43(12)13)79(23)67(92)53(33-41(8)9)78(22)66(91)52(32-40(6)7)77(21)62(87)46(16)73-61(86)45(15)34-54(82)50(30-38(2)3)76(20)65(90)49(42(10)11)36-55(83)51(31-39(4)5)75(19)63(88)47(17)74(18)64(48)89/h38-53,57-60,85H,25-37H2,1-24H3,(H,73,86)/t44-,45+,46+,47-,48+,49-,50?,51+,52-,53-,57?,58-,59+,60-/m1/s1. The number of alkyl halides is 3. The maximum atomic E-state index is 15.4. The second-order valence-electron chi connectivity index (χ2n) is 29.6. The lowest BCUT2D eigenvalue weighted by Crippen LogP contribution is -2.62. The summed E-state index contributed by atoms with van der Waals surface area (Å²) < 4.78 is 47.9. The number of aliphatic hydroxyl groups is 1. The van der Waals surface area contributed by atoms with Crippen LogP contribution in [0, 0.1) is 59.2 Å². The first-order valence-corrected chi connectivity index (χ1v) is 34.1. The third-order valence-electron chi connectivity index (χ3n) is 19.3. The zero-order valence-corrected chi connectivity index (χ0v) is 61.3. The smallest absolute Gasteiger partial charge is 0.390 e. The van der Waals surface area contributed by atoms with Crippen LogP contribution in [-0.4, -0.2) is 251 Å². The molecular formula is C69H120F3N9O13. The van der Waals surface area contributed by atoms with Gasteiger partial charge in [-0.25, -0.2) is 0 Å². The van der Waals surface area contributed by atoms with E-state index in [2.05, 4.69) is 5.32 Å². The van der Waals surface area contributed by atoms with E-state index >= 15 is 19.2 Å². The Labute approximate surface area is 559 Å². The number of halogens is 3. The van der Waals surface area contributed by atoms with Gasteiger partial charge in [0.2, 0.25) is 47.3 Å². The Balaban J connectivity index is 3.04. The highest BCUT2D eigenvalue weighted by atomic mass is 19.4. The number of amides is 8. The Morgan fingerprint density at radius 3 is 1.40 bits per heavy atom. The minimum atomic E-state index is -4.64. The lowest BCUT2D eigenvalue weighted by Gasteiger charge is -2.42. The highest BCUT2D eigenvalue weighted by molar-refractivity contribution is 6.00. The van der Waals surface area contributed by atoms with E-state index in [-0.39, 0.29) is 94.7 Å². The number of carbonyl (C=O) groups is 11. The van der Waals surface area contributed by atoms with E-state index in [1.54, 1.807) is 41.5 Å². The van der Waals surface area contributed by atoms with Crippen molar-refractivity contribution in [1.29, 1.82) is 0 Å². The summed E-state index contributed by atoms with van der Waals surface area (Å²) in [7, 11) is 9.85. The molecule has 0 radical (unpaired) electrons. The molecule has 0 aromatic carbocycles. The lowest BCUT2D eigenvalue weighted by molar-refractivity contribution is -0.212. The largest absolute Gasteiger partial charge is 0.406 e. The molecule has 94 heavy (non-hydrogen) atoms. The van der Waals surface area contributed by atoms with Gasteiger partial charge in [0.25, 0.3) is 0 Å². The SMILES string of the molecule is CC[C@H]1CC(=O)[C@@H]([C@H](O)[C@H](C)CCN2CCOCC2C(F)(F)F)N(C)C(=O)[C@@H](C(C)C)N(C)C(=O)[C@@H](CC(C)C)N(C)C(=O)[C@@H](CC(C)C)N(C)C(=O)[C@H](C)NC(=O)[C@@H](C)CC(=O)C(CC(C)C)N(C)C(=O)[C@@H](C(C)C)CC(=O)[C@H](CC(C)C)N(C)C(=O)[C@@H](C)N(C)C1=O. The molecular weight excluding hydrogens is 1220 g/mol. The zero-order valence-electron chi connectivity index (χ0n) is 61.3. The molecule has 0 bridgehead atoms. The molecule has 0 spiro atoms. The van der Waals surface area contributed by atoms with Crippen LogP contribution in [-0.2, 0) is 57.5 Å². The van der Waals surface area contributed by atoms with Crippen molar-refractivity contribution in [2.45, 2.75) is 242 Å². The highest BCUT2D eigenvalue weighted by Gasteiger charge is 2.48. The van der Waals surface area contributed by atoms with Crippen LogP contribution in [0.3, 0.4) is 0 Å². The van der Waals surface area contributed by atoms with Crippen LogP contribution in [0.1, 0.15) is 175 Å². The number of likely N-dealkylation sites (N-methyl/N-ethyl adjacent to an activating group) is 7.